The van der Waals surface area contributed by atoms with E-state index in [-0.39, 0.29) is 0 Å². The summed E-state index contributed by atoms with van der Waals surface area (Å²) < 4.78 is 9.83. The lowest BCUT2D eigenvalue weighted by molar-refractivity contribution is -0.153. The fraction of sp³-hybridized carbons (Fsp3) is 0.818. The first-order valence-electron chi connectivity index (χ1n) is 5.68. The highest BCUT2D eigenvalue weighted by atomic mass is 16.6. The summed E-state index contributed by atoms with van der Waals surface area (Å²) >= 11 is 0. The number of carbonyl (C=O) groups excluding carboxylic acids is 2. The van der Waals surface area contributed by atoms with Crippen LogP contribution in [-0.2, 0) is 14.3 Å². The third kappa shape index (κ3) is 5.00. The molecule has 0 bridgehead atoms. The van der Waals surface area contributed by atoms with Gasteiger partial charge in [0.25, 0.3) is 0 Å². The van der Waals surface area contributed by atoms with Gasteiger partial charge < -0.3 is 14.4 Å². The standard InChI is InChI=1S/C11H21NO4/c1-5-8-15-10(13)9(4)16-11(14)12(6-2)7-3/h9H,5-8H2,1-4H3. The highest BCUT2D eigenvalue weighted by Crippen LogP contribution is 2.01. The van der Waals surface area contributed by atoms with Crippen LogP contribution in [0, 0.1) is 0 Å². The van der Waals surface area contributed by atoms with Crippen molar-refractivity contribution in [3.63, 3.8) is 0 Å². The number of amides is 1. The summed E-state index contributed by atoms with van der Waals surface area (Å²) in [5.41, 5.74) is 0. The van der Waals surface area contributed by atoms with E-state index in [9.17, 15) is 9.59 Å². The molecule has 0 radical (unpaired) electrons. The first kappa shape index (κ1) is 14.7. The molecular formula is C11H21NO4. The predicted molar refractivity (Wildman–Crippen MR) is 60.1 cm³/mol. The molecule has 0 aliphatic rings. The van der Waals surface area contributed by atoms with Gasteiger partial charge in [-0.15, -0.1) is 0 Å². The monoisotopic (exact) mass is 231 g/mol. The zero-order chi connectivity index (χ0) is 12.6. The van der Waals surface area contributed by atoms with Gasteiger partial charge in [0.2, 0.25) is 0 Å². The maximum Gasteiger partial charge on any atom is 0.410 e. The summed E-state index contributed by atoms with van der Waals surface area (Å²) in [5, 5.41) is 0. The van der Waals surface area contributed by atoms with Gasteiger partial charge >= 0.3 is 12.1 Å². The van der Waals surface area contributed by atoms with E-state index in [2.05, 4.69) is 0 Å². The van der Waals surface area contributed by atoms with Gasteiger partial charge in [-0.1, -0.05) is 6.92 Å². The first-order chi connectivity index (χ1) is 7.56. The van der Waals surface area contributed by atoms with E-state index in [4.69, 9.17) is 9.47 Å². The Morgan fingerprint density at radius 3 is 2.19 bits per heavy atom. The molecule has 0 rings (SSSR count). The Hall–Kier alpha value is -1.26. The summed E-state index contributed by atoms with van der Waals surface area (Å²) in [6.07, 6.45) is -0.576. The molecule has 0 aliphatic heterocycles. The van der Waals surface area contributed by atoms with Gasteiger partial charge in [-0.25, -0.2) is 9.59 Å². The van der Waals surface area contributed by atoms with Crippen LogP contribution in [0.4, 0.5) is 4.79 Å². The van der Waals surface area contributed by atoms with Gasteiger partial charge in [-0.3, -0.25) is 0 Å². The molecule has 0 aliphatic carbocycles. The Labute approximate surface area is 96.7 Å². The van der Waals surface area contributed by atoms with Gasteiger partial charge in [-0.05, 0) is 27.2 Å². The molecule has 94 valence electrons. The Morgan fingerprint density at radius 1 is 1.19 bits per heavy atom. The van der Waals surface area contributed by atoms with Crippen molar-refractivity contribution in [2.75, 3.05) is 19.7 Å². The molecule has 1 amide bonds. The average Bonchev–Trinajstić information content (AvgIpc) is 2.27. The fourth-order valence-electron chi connectivity index (χ4n) is 1.08. The van der Waals surface area contributed by atoms with E-state index < -0.39 is 18.2 Å². The quantitative estimate of drug-likeness (QED) is 0.654. The van der Waals surface area contributed by atoms with Crippen LogP contribution in [0.15, 0.2) is 0 Å². The van der Waals surface area contributed by atoms with Gasteiger partial charge in [0.15, 0.2) is 6.10 Å². The number of rotatable bonds is 6. The van der Waals surface area contributed by atoms with E-state index in [1.807, 2.05) is 20.8 Å². The number of carbonyl (C=O) groups is 2. The van der Waals surface area contributed by atoms with Crippen LogP contribution < -0.4 is 0 Å². The van der Waals surface area contributed by atoms with Crippen molar-refractivity contribution < 1.29 is 19.1 Å². The van der Waals surface area contributed by atoms with E-state index in [1.165, 1.54) is 11.8 Å². The maximum atomic E-state index is 11.5. The number of nitrogens with zero attached hydrogens (tertiary/aromatic N) is 1. The molecule has 5 heteroatoms. The SMILES string of the molecule is CCCOC(=O)C(C)OC(=O)N(CC)CC. The van der Waals surface area contributed by atoms with E-state index in [0.29, 0.717) is 19.7 Å². The number of esters is 1. The fourth-order valence-corrected chi connectivity index (χ4v) is 1.08. The predicted octanol–water partition coefficient (Wildman–Crippen LogP) is 1.81. The second kappa shape index (κ2) is 7.96. The van der Waals surface area contributed by atoms with Crippen LogP contribution in [0.1, 0.15) is 34.1 Å². The molecule has 0 aromatic heterocycles. The highest BCUT2D eigenvalue weighted by molar-refractivity contribution is 5.78. The molecule has 1 unspecified atom stereocenters. The third-order valence-corrected chi connectivity index (χ3v) is 2.08. The summed E-state index contributed by atoms with van der Waals surface area (Å²) in [7, 11) is 0. The molecule has 0 N–H and O–H groups in total. The normalized spacial score (nSPS) is 11.8. The Morgan fingerprint density at radius 2 is 1.75 bits per heavy atom. The molecule has 0 fully saturated rings. The molecule has 0 aromatic rings. The molecule has 0 aromatic carbocycles. The molecule has 0 saturated carbocycles. The van der Waals surface area contributed by atoms with Gasteiger partial charge in [0.05, 0.1) is 6.61 Å². The zero-order valence-electron chi connectivity index (χ0n) is 10.5. The van der Waals surface area contributed by atoms with Crippen molar-refractivity contribution in [2.45, 2.75) is 40.2 Å². The molecule has 0 spiro atoms. The van der Waals surface area contributed by atoms with Crippen molar-refractivity contribution in [3.05, 3.63) is 0 Å². The van der Waals surface area contributed by atoms with Crippen LogP contribution in [-0.4, -0.2) is 42.8 Å². The minimum atomic E-state index is -0.848. The van der Waals surface area contributed by atoms with Gasteiger partial charge in [-0.2, -0.15) is 0 Å². The number of hydrogen-bond donors (Lipinski definition) is 0. The van der Waals surface area contributed by atoms with Gasteiger partial charge in [0.1, 0.15) is 0 Å². The lowest BCUT2D eigenvalue weighted by Gasteiger charge is -2.20. The largest absolute Gasteiger partial charge is 0.463 e. The van der Waals surface area contributed by atoms with Crippen LogP contribution in [0.2, 0.25) is 0 Å². The summed E-state index contributed by atoms with van der Waals surface area (Å²) in [5.74, 6) is -0.498. The average molecular weight is 231 g/mol. The number of ether oxygens (including phenoxy) is 2. The summed E-state index contributed by atoms with van der Waals surface area (Å²) in [6, 6.07) is 0. The van der Waals surface area contributed by atoms with Crippen molar-refractivity contribution in [3.8, 4) is 0 Å². The first-order valence-corrected chi connectivity index (χ1v) is 5.68. The maximum absolute atomic E-state index is 11.5. The van der Waals surface area contributed by atoms with E-state index in [1.54, 1.807) is 0 Å². The summed E-state index contributed by atoms with van der Waals surface area (Å²) in [4.78, 5) is 24.3. The zero-order valence-corrected chi connectivity index (χ0v) is 10.5. The van der Waals surface area contributed by atoms with Crippen LogP contribution in [0.5, 0.6) is 0 Å². The van der Waals surface area contributed by atoms with Crippen molar-refractivity contribution in [1.82, 2.24) is 4.90 Å². The lowest BCUT2D eigenvalue weighted by atomic mass is 10.4. The third-order valence-electron chi connectivity index (χ3n) is 2.08. The van der Waals surface area contributed by atoms with E-state index in [0.717, 1.165) is 6.42 Å². The number of hydrogen-bond acceptors (Lipinski definition) is 4. The van der Waals surface area contributed by atoms with Gasteiger partial charge in [0, 0.05) is 13.1 Å². The molecular weight excluding hydrogens is 210 g/mol. The van der Waals surface area contributed by atoms with Crippen LogP contribution >= 0.6 is 0 Å². The Bertz CT molecular complexity index is 226. The Kier molecular flexibility index (Phi) is 7.33. The van der Waals surface area contributed by atoms with Crippen molar-refractivity contribution in [1.29, 1.82) is 0 Å². The van der Waals surface area contributed by atoms with Crippen LogP contribution in [0.3, 0.4) is 0 Å². The molecule has 5 nitrogen and oxygen atoms in total. The van der Waals surface area contributed by atoms with Crippen LogP contribution in [0.25, 0.3) is 0 Å². The molecule has 0 heterocycles. The second-order valence-corrected chi connectivity index (χ2v) is 3.37. The van der Waals surface area contributed by atoms with Crippen molar-refractivity contribution in [2.24, 2.45) is 0 Å². The molecule has 0 saturated heterocycles. The van der Waals surface area contributed by atoms with Crippen molar-refractivity contribution >= 4 is 12.1 Å². The minimum absolute atomic E-state index is 0.353. The molecule has 1 atom stereocenters. The highest BCUT2D eigenvalue weighted by Gasteiger charge is 2.21. The second-order valence-electron chi connectivity index (χ2n) is 3.37. The lowest BCUT2D eigenvalue weighted by Crippen LogP contribution is -2.36. The summed E-state index contributed by atoms with van der Waals surface area (Å²) in [6.45, 7) is 8.60. The topological polar surface area (TPSA) is 55.8 Å². The van der Waals surface area contributed by atoms with E-state index >= 15 is 0 Å². The smallest absolute Gasteiger partial charge is 0.410 e. The minimum Gasteiger partial charge on any atom is -0.463 e. The Balaban J connectivity index is 4.07. The molecule has 16 heavy (non-hydrogen) atoms.